The molecule has 218 valence electrons. The van der Waals surface area contributed by atoms with Crippen molar-refractivity contribution in [2.45, 2.75) is 60.0 Å². The zero-order valence-electron chi connectivity index (χ0n) is 24.3. The average molecular weight is 547 g/mol. The summed E-state index contributed by atoms with van der Waals surface area (Å²) < 4.78 is 2.20. The molecule has 0 fully saturated rings. The van der Waals surface area contributed by atoms with Crippen LogP contribution in [0.3, 0.4) is 0 Å². The summed E-state index contributed by atoms with van der Waals surface area (Å²) in [5.74, 6) is -5.65. The van der Waals surface area contributed by atoms with Crippen LogP contribution in [0, 0.1) is 0 Å². The molecule has 9 heteroatoms. The molecule has 0 saturated heterocycles. The molecule has 2 aromatic rings. The number of rotatable bonds is 13. The summed E-state index contributed by atoms with van der Waals surface area (Å²) in [7, 11) is 0. The maximum Gasteiger partial charge on any atom is 0.336 e. The highest BCUT2D eigenvalue weighted by Crippen LogP contribution is 2.22. The molecule has 0 atom stereocenters. The lowest BCUT2D eigenvalue weighted by Crippen LogP contribution is -2.48. The van der Waals surface area contributed by atoms with Crippen LogP contribution in [0.2, 0.25) is 0 Å². The molecule has 0 saturated carbocycles. The fraction of sp³-hybridized carbons (Fsp3) is 0.500. The number of carbonyl (C=O) groups is 3. The van der Waals surface area contributed by atoms with Gasteiger partial charge in [0.1, 0.15) is 11.4 Å². The molecule has 9 nitrogen and oxygen atoms in total. The van der Waals surface area contributed by atoms with Gasteiger partial charge < -0.3 is 30.0 Å². The molecule has 0 unspecified atom stereocenters. The largest absolute Gasteiger partial charge is 0.550 e. The number of carboxylic acids is 3. The van der Waals surface area contributed by atoms with E-state index in [4.69, 9.17) is 10.2 Å². The number of hydrogen-bond donors (Lipinski definition) is 2. The second-order valence-corrected chi connectivity index (χ2v) is 9.29. The zero-order chi connectivity index (χ0) is 30.1. The molecular formula is C30H46N2O7. The molecule has 0 aliphatic rings. The Hall–Kier alpha value is -3.27. The van der Waals surface area contributed by atoms with Crippen LogP contribution in [-0.2, 0) is 14.4 Å². The van der Waals surface area contributed by atoms with Gasteiger partial charge in [-0.3, -0.25) is 8.97 Å². The Bertz CT molecular complexity index is 901. The van der Waals surface area contributed by atoms with E-state index in [0.717, 1.165) is 8.97 Å². The highest BCUT2D eigenvalue weighted by atomic mass is 16.4. The molecule has 0 spiro atoms. The van der Waals surface area contributed by atoms with Crippen LogP contribution in [0.1, 0.15) is 54.4 Å². The Morgan fingerprint density at radius 2 is 0.872 bits per heavy atom. The molecule has 2 N–H and O–H groups in total. The molecule has 2 aromatic carbocycles. The number of quaternary nitrogens is 2. The van der Waals surface area contributed by atoms with E-state index < -0.39 is 36.4 Å². The number of benzene rings is 2. The molecule has 0 heterocycles. The smallest absolute Gasteiger partial charge is 0.336 e. The lowest BCUT2D eigenvalue weighted by atomic mass is 9.96. The van der Waals surface area contributed by atoms with Crippen LogP contribution in [0.15, 0.2) is 60.7 Å². The minimum atomic E-state index is -2.86. The standard InChI is InChI=1S/2C12H20N.C6H8O7/c2*1-4-13(5-2,6-3)12-10-8-7-9-11-12;7-3(8)1-6(13,5(11)12)2-4(9)10/h2*7-11H,4-6H2,1-3H3;13H,1-2H2,(H,7,8)(H,9,10)(H,11,12)/q2*+1;/p-2. The van der Waals surface area contributed by atoms with Gasteiger partial charge >= 0.3 is 5.97 Å². The summed E-state index contributed by atoms with van der Waals surface area (Å²) >= 11 is 0. The quantitative estimate of drug-likeness (QED) is 0.367. The maximum atomic E-state index is 10.3. The summed E-state index contributed by atoms with van der Waals surface area (Å²) in [6.07, 6.45) is -2.59. The lowest BCUT2D eigenvalue weighted by Gasteiger charge is -2.35. The summed E-state index contributed by atoms with van der Waals surface area (Å²) in [6.45, 7) is 20.6. The molecule has 0 bridgehead atoms. The summed E-state index contributed by atoms with van der Waals surface area (Å²) in [6, 6.07) is 21.6. The van der Waals surface area contributed by atoms with E-state index in [2.05, 4.69) is 102 Å². The zero-order valence-corrected chi connectivity index (χ0v) is 24.3. The van der Waals surface area contributed by atoms with E-state index >= 15 is 0 Å². The number of carboxylic acid groups (broad SMARTS) is 3. The van der Waals surface area contributed by atoms with Crippen molar-refractivity contribution < 1.29 is 34.8 Å². The summed E-state index contributed by atoms with van der Waals surface area (Å²) in [4.78, 5) is 30.2. The van der Waals surface area contributed by atoms with Gasteiger partial charge in [-0.25, -0.2) is 4.79 Å². The van der Waals surface area contributed by atoms with Crippen molar-refractivity contribution in [3.8, 4) is 0 Å². The van der Waals surface area contributed by atoms with Gasteiger partial charge in [0.15, 0.2) is 5.60 Å². The second-order valence-electron chi connectivity index (χ2n) is 9.29. The van der Waals surface area contributed by atoms with Crippen molar-refractivity contribution in [1.29, 1.82) is 0 Å². The van der Waals surface area contributed by atoms with E-state index in [1.807, 2.05) is 0 Å². The Labute approximate surface area is 233 Å². The minimum Gasteiger partial charge on any atom is -0.550 e. The number of para-hydroxylation sites is 2. The third kappa shape index (κ3) is 10.8. The van der Waals surface area contributed by atoms with Crippen LogP contribution in [0.25, 0.3) is 0 Å². The SMILES string of the molecule is CC[N+](CC)(CC)c1ccccc1.CC[N+](CC)(CC)c1ccccc1.O=C([O-])CC(O)(CC(=O)[O-])C(=O)O. The normalized spacial score (nSPS) is 11.4. The van der Waals surface area contributed by atoms with E-state index in [0.29, 0.717) is 0 Å². The van der Waals surface area contributed by atoms with Gasteiger partial charge in [-0.2, -0.15) is 0 Å². The predicted molar refractivity (Wildman–Crippen MR) is 152 cm³/mol. The monoisotopic (exact) mass is 546 g/mol. The highest BCUT2D eigenvalue weighted by molar-refractivity contribution is 5.87. The Morgan fingerprint density at radius 1 is 0.615 bits per heavy atom. The van der Waals surface area contributed by atoms with Crippen LogP contribution in [0.4, 0.5) is 11.4 Å². The molecule has 0 aliphatic carbocycles. The number of nitrogens with zero attached hydrogens (tertiary/aromatic N) is 2. The topological polar surface area (TPSA) is 138 Å². The van der Waals surface area contributed by atoms with Crippen molar-refractivity contribution in [3.63, 3.8) is 0 Å². The predicted octanol–water partition coefficient (Wildman–Crippen LogP) is 2.19. The van der Waals surface area contributed by atoms with Crippen molar-refractivity contribution in [1.82, 2.24) is 8.97 Å². The molecular weight excluding hydrogens is 500 g/mol. The van der Waals surface area contributed by atoms with Gasteiger partial charge in [0, 0.05) is 24.8 Å². The summed E-state index contributed by atoms with van der Waals surface area (Å²) in [5, 5.41) is 37.2. The van der Waals surface area contributed by atoms with E-state index in [9.17, 15) is 24.6 Å². The van der Waals surface area contributed by atoms with Crippen LogP contribution < -0.4 is 19.2 Å². The first-order valence-electron chi connectivity index (χ1n) is 13.5. The third-order valence-electron chi connectivity index (χ3n) is 7.51. The van der Waals surface area contributed by atoms with Gasteiger partial charge in [0.05, 0.1) is 39.3 Å². The van der Waals surface area contributed by atoms with Crippen LogP contribution >= 0.6 is 0 Å². The van der Waals surface area contributed by atoms with Crippen molar-refractivity contribution in [2.24, 2.45) is 0 Å². The van der Waals surface area contributed by atoms with E-state index in [1.54, 1.807) is 0 Å². The minimum absolute atomic E-state index is 1.10. The second kappa shape index (κ2) is 17.3. The molecule has 0 aliphatic heterocycles. The highest BCUT2D eigenvalue weighted by Gasteiger charge is 2.36. The molecule has 39 heavy (non-hydrogen) atoms. The van der Waals surface area contributed by atoms with Gasteiger partial charge in [-0.15, -0.1) is 0 Å². The number of aliphatic carboxylic acids is 3. The van der Waals surface area contributed by atoms with Gasteiger partial charge in [-0.1, -0.05) is 36.4 Å². The lowest BCUT2D eigenvalue weighted by molar-refractivity contribution is -0.314. The first-order chi connectivity index (χ1) is 18.4. The van der Waals surface area contributed by atoms with Crippen molar-refractivity contribution in [2.75, 3.05) is 39.3 Å². The molecule has 0 radical (unpaired) electrons. The Morgan fingerprint density at radius 3 is 1.05 bits per heavy atom. The fourth-order valence-corrected chi connectivity index (χ4v) is 4.62. The number of carbonyl (C=O) groups excluding carboxylic acids is 2. The first-order valence-corrected chi connectivity index (χ1v) is 13.5. The van der Waals surface area contributed by atoms with Gasteiger partial charge in [0.25, 0.3) is 0 Å². The molecule has 0 amide bonds. The van der Waals surface area contributed by atoms with Crippen molar-refractivity contribution in [3.05, 3.63) is 60.7 Å². The van der Waals surface area contributed by atoms with Crippen molar-refractivity contribution >= 4 is 29.3 Å². The first kappa shape index (κ1) is 35.7. The Kier molecular flexibility index (Phi) is 15.9. The van der Waals surface area contributed by atoms with E-state index in [-0.39, 0.29) is 0 Å². The summed E-state index contributed by atoms with van der Waals surface area (Å²) in [5.41, 5.74) is 0.0162. The number of aliphatic hydroxyl groups is 1. The van der Waals surface area contributed by atoms with Crippen LogP contribution in [0.5, 0.6) is 0 Å². The fourth-order valence-electron chi connectivity index (χ4n) is 4.62. The Balaban J connectivity index is 0.000000555. The van der Waals surface area contributed by atoms with Gasteiger partial charge in [0.2, 0.25) is 0 Å². The molecule has 0 aromatic heterocycles. The van der Waals surface area contributed by atoms with Gasteiger partial charge in [-0.05, 0) is 65.8 Å². The molecule has 2 rings (SSSR count). The van der Waals surface area contributed by atoms with Crippen LogP contribution in [-0.4, -0.2) is 73.0 Å². The average Bonchev–Trinajstić information content (AvgIpc) is 2.92. The third-order valence-corrected chi connectivity index (χ3v) is 7.51. The maximum absolute atomic E-state index is 10.3. The number of hydrogen-bond acceptors (Lipinski definition) is 6. The van der Waals surface area contributed by atoms with E-state index in [1.165, 1.54) is 50.6 Å².